The van der Waals surface area contributed by atoms with Gasteiger partial charge in [-0.15, -0.1) is 0 Å². The van der Waals surface area contributed by atoms with Crippen LogP contribution in [0.4, 0.5) is 0 Å². The van der Waals surface area contributed by atoms with Gasteiger partial charge >= 0.3 is 5.97 Å². The maximum atomic E-state index is 11.4. The highest BCUT2D eigenvalue weighted by Gasteiger charge is 2.28. The Morgan fingerprint density at radius 2 is 2.22 bits per heavy atom. The van der Waals surface area contributed by atoms with E-state index in [0.29, 0.717) is 0 Å². The average molecular weight is 319 g/mol. The second kappa shape index (κ2) is 7.48. The highest BCUT2D eigenvalue weighted by Crippen LogP contribution is 2.14. The van der Waals surface area contributed by atoms with Crippen molar-refractivity contribution in [3.63, 3.8) is 0 Å². The number of aliphatic hydroxyl groups excluding tert-OH is 2. The summed E-state index contributed by atoms with van der Waals surface area (Å²) in [6, 6.07) is 7.35. The molecule has 2 N–H and O–H groups in total. The Kier molecular flexibility index (Phi) is 6.28. The molecule has 0 unspecified atom stereocenters. The lowest BCUT2D eigenvalue weighted by atomic mass is 10.2. The summed E-state index contributed by atoms with van der Waals surface area (Å²) < 4.78 is 10.7. The van der Waals surface area contributed by atoms with E-state index in [0.717, 1.165) is 10.0 Å². The van der Waals surface area contributed by atoms with Crippen molar-refractivity contribution in [2.75, 3.05) is 13.7 Å². The number of aliphatic hydroxyl groups is 2. The molecular weight excluding hydrogens is 304 g/mol. The summed E-state index contributed by atoms with van der Waals surface area (Å²) in [5, 5.41) is 18.3. The van der Waals surface area contributed by atoms with Crippen LogP contribution in [0.1, 0.15) is 5.56 Å². The molecule has 0 spiro atoms. The molecule has 0 bridgehead atoms. The number of rotatable bonds is 6. The highest BCUT2D eigenvalue weighted by atomic mass is 79.9. The van der Waals surface area contributed by atoms with Gasteiger partial charge in [-0.2, -0.15) is 0 Å². The third-order valence-electron chi connectivity index (χ3n) is 2.29. The molecule has 0 aliphatic heterocycles. The van der Waals surface area contributed by atoms with E-state index in [2.05, 4.69) is 20.7 Å². The molecule has 1 aromatic rings. The zero-order valence-electron chi connectivity index (χ0n) is 9.88. The molecule has 0 saturated heterocycles. The molecule has 0 saturated carbocycles. The zero-order chi connectivity index (χ0) is 13.5. The fourth-order valence-corrected chi connectivity index (χ4v) is 1.81. The van der Waals surface area contributed by atoms with E-state index in [1.165, 1.54) is 7.11 Å². The van der Waals surface area contributed by atoms with E-state index in [4.69, 9.17) is 9.84 Å². The lowest BCUT2D eigenvalue weighted by molar-refractivity contribution is -0.165. The third kappa shape index (κ3) is 4.38. The van der Waals surface area contributed by atoms with E-state index in [9.17, 15) is 9.90 Å². The first kappa shape index (κ1) is 15.1. The second-order valence-corrected chi connectivity index (χ2v) is 4.55. The Morgan fingerprint density at radius 1 is 1.50 bits per heavy atom. The van der Waals surface area contributed by atoms with Gasteiger partial charge in [-0.1, -0.05) is 28.1 Å². The smallest absolute Gasteiger partial charge is 0.337 e. The maximum Gasteiger partial charge on any atom is 0.337 e. The first-order valence-electron chi connectivity index (χ1n) is 5.31. The molecule has 6 heteroatoms. The van der Waals surface area contributed by atoms with Crippen molar-refractivity contribution in [3.05, 3.63) is 34.3 Å². The Balaban J connectivity index is 2.64. The van der Waals surface area contributed by atoms with Crippen LogP contribution in [0.2, 0.25) is 0 Å². The van der Waals surface area contributed by atoms with Crippen molar-refractivity contribution in [3.8, 4) is 0 Å². The van der Waals surface area contributed by atoms with E-state index in [1.54, 1.807) is 0 Å². The SMILES string of the molecule is COC(=O)[C@H](OCc1cccc(Br)c1)[C@H](O)CO. The van der Waals surface area contributed by atoms with Crippen LogP contribution in [0.25, 0.3) is 0 Å². The van der Waals surface area contributed by atoms with Gasteiger partial charge in [0.15, 0.2) is 6.10 Å². The van der Waals surface area contributed by atoms with Gasteiger partial charge in [0.25, 0.3) is 0 Å². The summed E-state index contributed by atoms with van der Waals surface area (Å²) in [5.41, 5.74) is 0.836. The molecule has 0 amide bonds. The maximum absolute atomic E-state index is 11.4. The zero-order valence-corrected chi connectivity index (χ0v) is 11.5. The van der Waals surface area contributed by atoms with Crippen LogP contribution in [-0.4, -0.2) is 42.1 Å². The van der Waals surface area contributed by atoms with Crippen molar-refractivity contribution in [2.24, 2.45) is 0 Å². The summed E-state index contributed by atoms with van der Waals surface area (Å²) >= 11 is 3.32. The highest BCUT2D eigenvalue weighted by molar-refractivity contribution is 9.10. The molecule has 1 aromatic carbocycles. The van der Waals surface area contributed by atoms with Gasteiger partial charge in [0.2, 0.25) is 0 Å². The molecule has 0 radical (unpaired) electrons. The molecule has 1 rings (SSSR count). The van der Waals surface area contributed by atoms with Gasteiger partial charge < -0.3 is 19.7 Å². The van der Waals surface area contributed by atoms with Gasteiger partial charge in [0.05, 0.1) is 20.3 Å². The number of carbonyl (C=O) groups excluding carboxylic acids is 1. The van der Waals surface area contributed by atoms with Crippen LogP contribution >= 0.6 is 15.9 Å². The van der Waals surface area contributed by atoms with Crippen molar-refractivity contribution in [2.45, 2.75) is 18.8 Å². The summed E-state index contributed by atoms with van der Waals surface area (Å²) in [6.07, 6.45) is -2.50. The van der Waals surface area contributed by atoms with E-state index in [-0.39, 0.29) is 6.61 Å². The number of methoxy groups -OCH3 is 1. The number of benzene rings is 1. The number of hydrogen-bond acceptors (Lipinski definition) is 5. The van der Waals surface area contributed by atoms with E-state index < -0.39 is 24.8 Å². The normalized spacial score (nSPS) is 14.0. The summed E-state index contributed by atoms with van der Waals surface area (Å²) in [7, 11) is 1.20. The van der Waals surface area contributed by atoms with Gasteiger partial charge in [-0.3, -0.25) is 0 Å². The van der Waals surface area contributed by atoms with Crippen LogP contribution in [0.5, 0.6) is 0 Å². The van der Waals surface area contributed by atoms with Crippen molar-refractivity contribution in [1.82, 2.24) is 0 Å². The molecule has 0 aliphatic carbocycles. The third-order valence-corrected chi connectivity index (χ3v) is 2.78. The van der Waals surface area contributed by atoms with Crippen molar-refractivity contribution < 1.29 is 24.5 Å². The molecule has 100 valence electrons. The van der Waals surface area contributed by atoms with Crippen molar-refractivity contribution in [1.29, 1.82) is 0 Å². The van der Waals surface area contributed by atoms with Gasteiger partial charge in [-0.25, -0.2) is 4.79 Å². The Morgan fingerprint density at radius 3 is 2.78 bits per heavy atom. The summed E-state index contributed by atoms with van der Waals surface area (Å²) in [4.78, 5) is 11.4. The quantitative estimate of drug-likeness (QED) is 0.761. The van der Waals surface area contributed by atoms with Crippen molar-refractivity contribution >= 4 is 21.9 Å². The Hall–Kier alpha value is -0.950. The summed E-state index contributed by atoms with van der Waals surface area (Å²) in [5.74, 6) is -0.716. The van der Waals surface area contributed by atoms with Crippen LogP contribution in [0, 0.1) is 0 Å². The van der Waals surface area contributed by atoms with Gasteiger partial charge in [0, 0.05) is 4.47 Å². The lowest BCUT2D eigenvalue weighted by Crippen LogP contribution is -2.39. The monoisotopic (exact) mass is 318 g/mol. The van der Waals surface area contributed by atoms with E-state index in [1.807, 2.05) is 24.3 Å². The molecule has 0 aromatic heterocycles. The predicted octanol–water partition coefficient (Wildman–Crippen LogP) is 0.860. The minimum absolute atomic E-state index is 0.135. The fourth-order valence-electron chi connectivity index (χ4n) is 1.36. The van der Waals surface area contributed by atoms with Crippen LogP contribution in [0.3, 0.4) is 0 Å². The first-order chi connectivity index (χ1) is 8.58. The Labute approximate surface area is 113 Å². The van der Waals surface area contributed by atoms with Crippen LogP contribution in [0.15, 0.2) is 28.7 Å². The van der Waals surface area contributed by atoms with E-state index >= 15 is 0 Å². The lowest BCUT2D eigenvalue weighted by Gasteiger charge is -2.19. The van der Waals surface area contributed by atoms with Crippen LogP contribution < -0.4 is 0 Å². The number of ether oxygens (including phenoxy) is 2. The molecule has 18 heavy (non-hydrogen) atoms. The second-order valence-electron chi connectivity index (χ2n) is 3.63. The minimum Gasteiger partial charge on any atom is -0.467 e. The van der Waals surface area contributed by atoms with Gasteiger partial charge in [0.1, 0.15) is 6.10 Å². The molecule has 0 heterocycles. The standard InChI is InChI=1S/C12H15BrO5/c1-17-12(16)11(10(15)6-14)18-7-8-3-2-4-9(13)5-8/h2-5,10-11,14-15H,6-7H2,1H3/t10-,11-/m1/s1. The molecule has 0 aliphatic rings. The molecular formula is C12H15BrO5. The molecule has 5 nitrogen and oxygen atoms in total. The predicted molar refractivity (Wildman–Crippen MR) is 67.8 cm³/mol. The largest absolute Gasteiger partial charge is 0.467 e. The molecule has 0 fully saturated rings. The average Bonchev–Trinajstić information content (AvgIpc) is 2.38. The Bertz CT molecular complexity index is 396. The van der Waals surface area contributed by atoms with Crippen LogP contribution in [-0.2, 0) is 20.9 Å². The minimum atomic E-state index is -1.30. The summed E-state index contributed by atoms with van der Waals surface area (Å²) in [6.45, 7) is -0.436. The number of esters is 1. The number of halogens is 1. The first-order valence-corrected chi connectivity index (χ1v) is 6.10. The molecule has 2 atom stereocenters. The van der Waals surface area contributed by atoms with Gasteiger partial charge in [-0.05, 0) is 17.7 Å². The fraction of sp³-hybridized carbons (Fsp3) is 0.417. The topological polar surface area (TPSA) is 76.0 Å². The number of carbonyl (C=O) groups is 1. The number of hydrogen-bond donors (Lipinski definition) is 2.